The second-order valence-corrected chi connectivity index (χ2v) is 11.7. The third kappa shape index (κ3) is 10.8. The fourth-order valence-corrected chi connectivity index (χ4v) is 5.43. The molecule has 0 saturated carbocycles. The van der Waals surface area contributed by atoms with E-state index in [2.05, 4.69) is 0 Å². The number of benzene rings is 4. The molecule has 4 rings (SSSR count). The molecule has 0 spiro atoms. The quantitative estimate of drug-likeness (QED) is 0.0736. The summed E-state index contributed by atoms with van der Waals surface area (Å²) in [7, 11) is 5.73. The molecule has 0 aliphatic rings. The summed E-state index contributed by atoms with van der Waals surface area (Å²) in [6, 6.07) is 19.1. The Hall–Kier alpha value is -6.30. The maximum absolute atomic E-state index is 13.0. The highest BCUT2D eigenvalue weighted by Crippen LogP contribution is 2.33. The number of carbonyl (C=O) groups excluding carboxylic acids is 2. The lowest BCUT2D eigenvalue weighted by atomic mass is 9.83. The lowest BCUT2D eigenvalue weighted by Gasteiger charge is -2.27. The molecule has 4 aromatic carbocycles. The van der Waals surface area contributed by atoms with Crippen molar-refractivity contribution in [3.8, 4) is 46.0 Å². The van der Waals surface area contributed by atoms with Crippen LogP contribution in [-0.4, -0.2) is 74.0 Å². The number of aromatic hydroxyl groups is 4. The minimum Gasteiger partial charge on any atom is -0.504 e. The van der Waals surface area contributed by atoms with Crippen molar-refractivity contribution in [3.05, 3.63) is 107 Å². The summed E-state index contributed by atoms with van der Waals surface area (Å²) in [5.41, 5.74) is 2.74. The van der Waals surface area contributed by atoms with Crippen LogP contribution in [0.15, 0.2) is 84.9 Å². The summed E-state index contributed by atoms with van der Waals surface area (Å²) in [6.45, 7) is -0.155. The Balaban J connectivity index is 1.61. The number of ether oxygens (including phenoxy) is 6. The normalized spacial score (nSPS) is 12.3. The first-order valence-corrected chi connectivity index (χ1v) is 16.2. The summed E-state index contributed by atoms with van der Waals surface area (Å²) in [6.07, 6.45) is 6.25. The van der Waals surface area contributed by atoms with E-state index < -0.39 is 23.8 Å². The molecule has 12 nitrogen and oxygen atoms in total. The van der Waals surface area contributed by atoms with Crippen molar-refractivity contribution in [2.75, 3.05) is 41.7 Å². The van der Waals surface area contributed by atoms with Crippen LogP contribution in [0.1, 0.15) is 22.3 Å². The SMILES string of the molecule is COc1cc(C=CC(=O)OC[C@H](Cc2ccc(O)c(OC)c2)[C@H](COC(=O)C=Cc2ccc(O)c(OC)c2)Cc2ccc(O)c(OC)c2)ccc1O. The topological polar surface area (TPSA) is 170 Å². The lowest BCUT2D eigenvalue weighted by molar-refractivity contribution is -0.143. The van der Waals surface area contributed by atoms with Crippen molar-refractivity contribution in [1.82, 2.24) is 0 Å². The number of carbonyl (C=O) groups is 2. The second-order valence-electron chi connectivity index (χ2n) is 11.7. The molecule has 12 heteroatoms. The molecule has 4 N–H and O–H groups in total. The van der Waals surface area contributed by atoms with E-state index >= 15 is 0 Å². The summed E-state index contributed by atoms with van der Waals surface area (Å²) in [5.74, 6) is -1.24. The monoisotopic (exact) mass is 714 g/mol. The number of hydrogen-bond acceptors (Lipinski definition) is 12. The van der Waals surface area contributed by atoms with Crippen molar-refractivity contribution in [1.29, 1.82) is 0 Å². The van der Waals surface area contributed by atoms with E-state index in [-0.39, 0.29) is 59.2 Å². The molecule has 0 radical (unpaired) electrons. The summed E-state index contributed by atoms with van der Waals surface area (Å²) >= 11 is 0. The third-order valence-electron chi connectivity index (χ3n) is 8.26. The number of methoxy groups -OCH3 is 4. The van der Waals surface area contributed by atoms with Crippen molar-refractivity contribution < 1.29 is 58.4 Å². The van der Waals surface area contributed by atoms with E-state index in [0.29, 0.717) is 24.0 Å². The van der Waals surface area contributed by atoms with Crippen LogP contribution < -0.4 is 18.9 Å². The lowest BCUT2D eigenvalue weighted by Crippen LogP contribution is -2.30. The Kier molecular flexibility index (Phi) is 13.8. The molecule has 0 aliphatic carbocycles. The number of rotatable bonds is 17. The first kappa shape index (κ1) is 38.5. The van der Waals surface area contributed by atoms with Crippen molar-refractivity contribution in [2.45, 2.75) is 12.8 Å². The van der Waals surface area contributed by atoms with Gasteiger partial charge in [0.05, 0.1) is 41.7 Å². The smallest absolute Gasteiger partial charge is 0.330 e. The molecule has 0 fully saturated rings. The predicted molar refractivity (Wildman–Crippen MR) is 193 cm³/mol. The Labute approximate surface area is 301 Å². The summed E-state index contributed by atoms with van der Waals surface area (Å²) < 4.78 is 32.4. The van der Waals surface area contributed by atoms with E-state index in [1.807, 2.05) is 0 Å². The van der Waals surface area contributed by atoms with Crippen LogP contribution in [0, 0.1) is 11.8 Å². The molecule has 0 bridgehead atoms. The van der Waals surface area contributed by atoms with E-state index in [4.69, 9.17) is 28.4 Å². The molecule has 52 heavy (non-hydrogen) atoms. The van der Waals surface area contributed by atoms with E-state index in [0.717, 1.165) is 11.1 Å². The minimum absolute atomic E-state index is 0.0370. The molecule has 4 aromatic rings. The fourth-order valence-electron chi connectivity index (χ4n) is 5.43. The van der Waals surface area contributed by atoms with Crippen molar-refractivity contribution >= 4 is 24.1 Å². The van der Waals surface area contributed by atoms with Gasteiger partial charge in [-0.2, -0.15) is 0 Å². The van der Waals surface area contributed by atoms with Gasteiger partial charge in [0.2, 0.25) is 0 Å². The van der Waals surface area contributed by atoms with Gasteiger partial charge >= 0.3 is 11.9 Å². The average Bonchev–Trinajstić information content (AvgIpc) is 3.15. The largest absolute Gasteiger partial charge is 0.504 e. The van der Waals surface area contributed by atoms with Gasteiger partial charge in [0, 0.05) is 24.0 Å². The second kappa shape index (κ2) is 18.6. The Morgan fingerprint density at radius 1 is 0.519 bits per heavy atom. The van der Waals surface area contributed by atoms with E-state index in [1.54, 1.807) is 48.5 Å². The molecule has 0 unspecified atom stereocenters. The van der Waals surface area contributed by atoms with Gasteiger partial charge in [-0.05, 0) is 95.8 Å². The van der Waals surface area contributed by atoms with E-state index in [1.165, 1.54) is 77.0 Å². The predicted octanol–water partition coefficient (Wildman–Crippen LogP) is 6.07. The van der Waals surface area contributed by atoms with Crippen LogP contribution in [0.25, 0.3) is 12.2 Å². The van der Waals surface area contributed by atoms with Gasteiger partial charge in [-0.15, -0.1) is 0 Å². The van der Waals surface area contributed by atoms with Crippen LogP contribution in [0.3, 0.4) is 0 Å². The number of phenols is 4. The number of phenolic OH excluding ortho intramolecular Hbond substituents is 4. The molecule has 2 atom stereocenters. The molecule has 274 valence electrons. The zero-order valence-electron chi connectivity index (χ0n) is 29.3. The first-order valence-electron chi connectivity index (χ1n) is 16.2. The summed E-state index contributed by atoms with van der Waals surface area (Å²) in [5, 5.41) is 40.2. The van der Waals surface area contributed by atoms with Gasteiger partial charge in [0.1, 0.15) is 0 Å². The maximum atomic E-state index is 13.0. The Morgan fingerprint density at radius 3 is 1.19 bits per heavy atom. The van der Waals surface area contributed by atoms with Gasteiger partial charge in [-0.1, -0.05) is 24.3 Å². The van der Waals surface area contributed by atoms with Crippen LogP contribution in [0.5, 0.6) is 46.0 Å². The highest BCUT2D eigenvalue weighted by Gasteiger charge is 2.26. The molecule has 0 saturated heterocycles. The first-order chi connectivity index (χ1) is 25.0. The van der Waals surface area contributed by atoms with Crippen LogP contribution >= 0.6 is 0 Å². The van der Waals surface area contributed by atoms with E-state index in [9.17, 15) is 30.0 Å². The fraction of sp³-hybridized carbons (Fsp3) is 0.250. The molecule has 0 heterocycles. The molecule has 0 aliphatic heterocycles. The highest BCUT2D eigenvalue weighted by atomic mass is 16.5. The minimum atomic E-state index is -0.630. The third-order valence-corrected chi connectivity index (χ3v) is 8.26. The number of esters is 2. The van der Waals surface area contributed by atoms with Crippen LogP contribution in [0.2, 0.25) is 0 Å². The maximum Gasteiger partial charge on any atom is 0.330 e. The standard InChI is InChI=1S/C40H42O12/c1-47-35-19-25(5-11-31(35)41)9-15-39(45)51-23-29(17-27-7-13-33(43)37(21-27)49-3)30(18-28-8-14-34(44)38(22-28)50-4)24-52-40(46)16-10-26-6-12-32(42)36(20-26)48-2/h5-16,19-22,29-30,41-44H,17-18,23-24H2,1-4H3/t29-,30-/m0/s1. The highest BCUT2D eigenvalue weighted by molar-refractivity contribution is 5.87. The molecule has 0 amide bonds. The zero-order valence-corrected chi connectivity index (χ0v) is 29.3. The summed E-state index contributed by atoms with van der Waals surface area (Å²) in [4.78, 5) is 26.0. The van der Waals surface area contributed by atoms with Crippen molar-refractivity contribution in [2.24, 2.45) is 11.8 Å². The zero-order chi connectivity index (χ0) is 37.6. The van der Waals surface area contributed by atoms with Crippen LogP contribution in [0.4, 0.5) is 0 Å². The van der Waals surface area contributed by atoms with Gasteiger partial charge in [-0.3, -0.25) is 0 Å². The van der Waals surface area contributed by atoms with Gasteiger partial charge in [-0.25, -0.2) is 9.59 Å². The average molecular weight is 715 g/mol. The Morgan fingerprint density at radius 2 is 0.846 bits per heavy atom. The Bertz CT molecular complexity index is 1760. The van der Waals surface area contributed by atoms with Gasteiger partial charge in [0.15, 0.2) is 46.0 Å². The van der Waals surface area contributed by atoms with Gasteiger partial charge in [0.25, 0.3) is 0 Å². The molecular formula is C40H42O12. The molecular weight excluding hydrogens is 672 g/mol. The van der Waals surface area contributed by atoms with Crippen molar-refractivity contribution in [3.63, 3.8) is 0 Å². The molecule has 0 aromatic heterocycles. The van der Waals surface area contributed by atoms with Crippen LogP contribution in [-0.2, 0) is 31.9 Å². The number of hydrogen-bond donors (Lipinski definition) is 4. The van der Waals surface area contributed by atoms with Gasteiger partial charge < -0.3 is 48.8 Å².